The Labute approximate surface area is 115 Å². The van der Waals surface area contributed by atoms with Crippen LogP contribution in [0.25, 0.3) is 0 Å². The minimum atomic E-state index is -0.878. The van der Waals surface area contributed by atoms with Crippen LogP contribution < -0.4 is 0 Å². The maximum absolute atomic E-state index is 12.2. The van der Waals surface area contributed by atoms with Gasteiger partial charge in [-0.05, 0) is 40.0 Å². The summed E-state index contributed by atoms with van der Waals surface area (Å²) in [6, 6.07) is 0. The van der Waals surface area contributed by atoms with Crippen molar-refractivity contribution in [3.8, 4) is 0 Å². The number of carbonyl (C=O) groups excluding carboxylic acids is 2. The molecule has 0 amide bonds. The van der Waals surface area contributed by atoms with Crippen molar-refractivity contribution in [2.75, 3.05) is 7.11 Å². The molecule has 1 rings (SSSR count). The molecule has 1 saturated carbocycles. The molecule has 1 aliphatic rings. The van der Waals surface area contributed by atoms with Crippen LogP contribution in [0.2, 0.25) is 0 Å². The van der Waals surface area contributed by atoms with Crippen molar-refractivity contribution < 1.29 is 19.1 Å². The van der Waals surface area contributed by atoms with E-state index >= 15 is 0 Å². The average molecular weight is 268 g/mol. The summed E-state index contributed by atoms with van der Waals surface area (Å²) in [5.74, 6) is -2.07. The number of allylic oxidation sites excluding steroid dienone is 1. The number of carbonyl (C=O) groups is 2. The normalized spacial score (nSPS) is 21.7. The second-order valence-electron chi connectivity index (χ2n) is 6.04. The zero-order valence-corrected chi connectivity index (χ0v) is 12.3. The van der Waals surface area contributed by atoms with Crippen molar-refractivity contribution in [3.63, 3.8) is 0 Å². The Morgan fingerprint density at radius 2 is 1.89 bits per heavy atom. The fourth-order valence-electron chi connectivity index (χ4n) is 2.43. The molecule has 0 saturated heterocycles. The van der Waals surface area contributed by atoms with E-state index in [1.165, 1.54) is 7.11 Å². The highest BCUT2D eigenvalue weighted by molar-refractivity contribution is 5.95. The molecule has 0 aromatic carbocycles. The average Bonchev–Trinajstić information content (AvgIpc) is 2.29. The zero-order valence-electron chi connectivity index (χ0n) is 12.3. The Morgan fingerprint density at radius 3 is 2.37 bits per heavy atom. The molecule has 0 heterocycles. The van der Waals surface area contributed by atoms with Gasteiger partial charge < -0.3 is 9.47 Å². The number of methoxy groups -OCH3 is 1. The number of rotatable bonds is 3. The predicted octanol–water partition coefficient (Wildman–Crippen LogP) is 2.86. The SMILES string of the molecule is C=C1CCCCC1C(C(=O)OC)C(=O)OC(C)(C)C. The van der Waals surface area contributed by atoms with Crippen LogP contribution >= 0.6 is 0 Å². The number of esters is 2. The zero-order chi connectivity index (χ0) is 14.6. The second kappa shape index (κ2) is 6.22. The van der Waals surface area contributed by atoms with Crippen LogP contribution in [0.1, 0.15) is 46.5 Å². The third kappa shape index (κ3) is 4.37. The van der Waals surface area contributed by atoms with E-state index in [-0.39, 0.29) is 5.92 Å². The third-order valence-corrected chi connectivity index (χ3v) is 3.31. The Kier molecular flexibility index (Phi) is 5.15. The van der Waals surface area contributed by atoms with Crippen molar-refractivity contribution in [2.45, 2.75) is 52.1 Å². The molecule has 2 unspecified atom stereocenters. The first-order valence-electron chi connectivity index (χ1n) is 6.74. The maximum atomic E-state index is 12.2. The molecule has 1 aliphatic carbocycles. The minimum Gasteiger partial charge on any atom is -0.468 e. The van der Waals surface area contributed by atoms with Crippen LogP contribution in [-0.4, -0.2) is 24.6 Å². The first-order valence-corrected chi connectivity index (χ1v) is 6.74. The van der Waals surface area contributed by atoms with E-state index in [1.807, 2.05) is 0 Å². The Balaban J connectivity index is 2.91. The van der Waals surface area contributed by atoms with Gasteiger partial charge in [0.1, 0.15) is 5.60 Å². The molecule has 0 N–H and O–H groups in total. The largest absolute Gasteiger partial charge is 0.468 e. The molecular weight excluding hydrogens is 244 g/mol. The molecule has 19 heavy (non-hydrogen) atoms. The van der Waals surface area contributed by atoms with Gasteiger partial charge in [0.2, 0.25) is 0 Å². The van der Waals surface area contributed by atoms with E-state index in [0.717, 1.165) is 31.3 Å². The van der Waals surface area contributed by atoms with Gasteiger partial charge in [0, 0.05) is 5.92 Å². The van der Waals surface area contributed by atoms with E-state index in [9.17, 15) is 9.59 Å². The Bertz CT molecular complexity index is 365. The summed E-state index contributed by atoms with van der Waals surface area (Å²) in [4.78, 5) is 24.2. The van der Waals surface area contributed by atoms with E-state index in [0.29, 0.717) is 0 Å². The lowest BCUT2D eigenvalue weighted by molar-refractivity contribution is -0.170. The van der Waals surface area contributed by atoms with Crippen LogP contribution in [0.15, 0.2) is 12.2 Å². The highest BCUT2D eigenvalue weighted by Crippen LogP contribution is 2.35. The summed E-state index contributed by atoms with van der Waals surface area (Å²) in [7, 11) is 1.30. The molecule has 0 aliphatic heterocycles. The maximum Gasteiger partial charge on any atom is 0.321 e. The lowest BCUT2D eigenvalue weighted by atomic mass is 9.77. The summed E-state index contributed by atoms with van der Waals surface area (Å²) in [5.41, 5.74) is 0.340. The molecule has 4 nitrogen and oxygen atoms in total. The van der Waals surface area contributed by atoms with Crippen LogP contribution in [0.5, 0.6) is 0 Å². The van der Waals surface area contributed by atoms with Gasteiger partial charge in [0.25, 0.3) is 0 Å². The lowest BCUT2D eigenvalue weighted by Gasteiger charge is -2.31. The van der Waals surface area contributed by atoms with E-state index < -0.39 is 23.5 Å². The summed E-state index contributed by atoms with van der Waals surface area (Å²) < 4.78 is 10.1. The highest BCUT2D eigenvalue weighted by atomic mass is 16.6. The molecular formula is C15H24O4. The van der Waals surface area contributed by atoms with Crippen molar-refractivity contribution >= 4 is 11.9 Å². The second-order valence-corrected chi connectivity index (χ2v) is 6.04. The minimum absolute atomic E-state index is 0.156. The molecule has 2 atom stereocenters. The number of ether oxygens (including phenoxy) is 2. The van der Waals surface area contributed by atoms with Crippen molar-refractivity contribution in [3.05, 3.63) is 12.2 Å². The van der Waals surface area contributed by atoms with Crippen molar-refractivity contribution in [1.29, 1.82) is 0 Å². The molecule has 108 valence electrons. The Morgan fingerprint density at radius 1 is 1.26 bits per heavy atom. The quantitative estimate of drug-likeness (QED) is 0.448. The smallest absolute Gasteiger partial charge is 0.321 e. The van der Waals surface area contributed by atoms with Gasteiger partial charge in [0.05, 0.1) is 7.11 Å². The first kappa shape index (κ1) is 15.7. The van der Waals surface area contributed by atoms with E-state index in [4.69, 9.17) is 9.47 Å². The fraction of sp³-hybridized carbons (Fsp3) is 0.733. The number of hydrogen-bond donors (Lipinski definition) is 0. The first-order chi connectivity index (χ1) is 8.76. The van der Waals surface area contributed by atoms with E-state index in [1.54, 1.807) is 20.8 Å². The van der Waals surface area contributed by atoms with Crippen LogP contribution in [0, 0.1) is 11.8 Å². The van der Waals surface area contributed by atoms with Gasteiger partial charge >= 0.3 is 11.9 Å². The van der Waals surface area contributed by atoms with Gasteiger partial charge in [0.15, 0.2) is 5.92 Å². The standard InChI is InChI=1S/C15H24O4/c1-10-8-6-7-9-11(10)12(13(16)18-5)14(17)19-15(2,3)4/h11-12H,1,6-9H2,2-5H3. The topological polar surface area (TPSA) is 52.6 Å². The monoisotopic (exact) mass is 268 g/mol. The number of hydrogen-bond acceptors (Lipinski definition) is 4. The molecule has 0 spiro atoms. The lowest BCUT2D eigenvalue weighted by Crippen LogP contribution is -2.39. The van der Waals surface area contributed by atoms with Gasteiger partial charge in [-0.25, -0.2) is 0 Å². The third-order valence-electron chi connectivity index (χ3n) is 3.31. The van der Waals surface area contributed by atoms with Gasteiger partial charge in [-0.3, -0.25) is 9.59 Å². The molecule has 0 radical (unpaired) electrons. The van der Waals surface area contributed by atoms with Gasteiger partial charge in [-0.15, -0.1) is 0 Å². The van der Waals surface area contributed by atoms with Crippen LogP contribution in [0.4, 0.5) is 0 Å². The predicted molar refractivity (Wildman–Crippen MR) is 72.4 cm³/mol. The summed E-state index contributed by atoms with van der Waals surface area (Å²) in [6.45, 7) is 9.36. The summed E-state index contributed by atoms with van der Waals surface area (Å²) >= 11 is 0. The molecule has 1 fully saturated rings. The van der Waals surface area contributed by atoms with Crippen molar-refractivity contribution in [1.82, 2.24) is 0 Å². The van der Waals surface area contributed by atoms with Gasteiger partial charge in [-0.2, -0.15) is 0 Å². The van der Waals surface area contributed by atoms with Crippen molar-refractivity contribution in [2.24, 2.45) is 11.8 Å². The van der Waals surface area contributed by atoms with E-state index in [2.05, 4.69) is 6.58 Å². The van der Waals surface area contributed by atoms with Crippen LogP contribution in [0.3, 0.4) is 0 Å². The summed E-state index contributed by atoms with van der Waals surface area (Å²) in [5, 5.41) is 0. The summed E-state index contributed by atoms with van der Waals surface area (Å²) in [6.07, 6.45) is 3.72. The van der Waals surface area contributed by atoms with Crippen LogP contribution in [-0.2, 0) is 19.1 Å². The molecule has 4 heteroatoms. The highest BCUT2D eigenvalue weighted by Gasteiger charge is 2.40. The molecule has 0 aromatic heterocycles. The molecule has 0 bridgehead atoms. The van der Waals surface area contributed by atoms with Gasteiger partial charge in [-0.1, -0.05) is 18.6 Å². The fourth-order valence-corrected chi connectivity index (χ4v) is 2.43. The Hall–Kier alpha value is -1.32. The molecule has 0 aromatic rings.